The monoisotopic (exact) mass is 338 g/mol. The highest BCUT2D eigenvalue weighted by Gasteiger charge is 2.23. The molecule has 0 aliphatic carbocycles. The Hall–Kier alpha value is -2.40. The lowest BCUT2D eigenvalue weighted by atomic mass is 10.0. The van der Waals surface area contributed by atoms with Crippen LogP contribution in [0.5, 0.6) is 11.5 Å². The molecule has 0 N–H and O–H groups in total. The number of rotatable bonds is 4. The number of thioether (sulfide) groups is 1. The molecule has 4 nitrogen and oxygen atoms in total. The first kappa shape index (κ1) is 15.1. The van der Waals surface area contributed by atoms with Crippen molar-refractivity contribution < 1.29 is 9.47 Å². The third-order valence-electron chi connectivity index (χ3n) is 4.21. The molecule has 0 bridgehead atoms. The average molecular weight is 338 g/mol. The van der Waals surface area contributed by atoms with Crippen molar-refractivity contribution >= 4 is 11.8 Å². The molecule has 0 unspecified atom stereocenters. The fraction of sp³-hybridized carbons (Fsp3) is 0.211. The van der Waals surface area contributed by atoms with E-state index in [9.17, 15) is 0 Å². The number of ether oxygens (including phenoxy) is 2. The summed E-state index contributed by atoms with van der Waals surface area (Å²) in [6, 6.07) is 16.3. The van der Waals surface area contributed by atoms with Crippen LogP contribution in [0.4, 0.5) is 0 Å². The molecule has 0 amide bonds. The van der Waals surface area contributed by atoms with Crippen LogP contribution in [0.15, 0.2) is 53.7 Å². The van der Waals surface area contributed by atoms with Gasteiger partial charge in [0.05, 0.1) is 25.6 Å². The molecular formula is C19H18N2O2S. The lowest BCUT2D eigenvalue weighted by molar-refractivity contribution is 0.414. The minimum Gasteiger partial charge on any atom is -0.497 e. The van der Waals surface area contributed by atoms with Gasteiger partial charge in [-0.2, -0.15) is 0 Å². The summed E-state index contributed by atoms with van der Waals surface area (Å²) >= 11 is 1.81. The Morgan fingerprint density at radius 1 is 0.875 bits per heavy atom. The largest absolute Gasteiger partial charge is 0.497 e. The van der Waals surface area contributed by atoms with Crippen molar-refractivity contribution in [1.29, 1.82) is 0 Å². The molecule has 1 aliphatic heterocycles. The van der Waals surface area contributed by atoms with Crippen LogP contribution in [-0.2, 0) is 6.54 Å². The highest BCUT2D eigenvalue weighted by Crippen LogP contribution is 2.39. The number of hydrogen-bond donors (Lipinski definition) is 0. The predicted molar refractivity (Wildman–Crippen MR) is 96.9 cm³/mol. The molecule has 2 heterocycles. The van der Waals surface area contributed by atoms with Crippen LogP contribution in [0.25, 0.3) is 22.5 Å². The minimum absolute atomic E-state index is 0.853. The lowest BCUT2D eigenvalue weighted by Gasteiger charge is -2.09. The molecule has 0 radical (unpaired) electrons. The topological polar surface area (TPSA) is 36.3 Å². The van der Waals surface area contributed by atoms with Gasteiger partial charge in [-0.25, -0.2) is 4.98 Å². The molecule has 1 aromatic heterocycles. The summed E-state index contributed by atoms with van der Waals surface area (Å²) < 4.78 is 12.9. The maximum absolute atomic E-state index is 5.28. The van der Waals surface area contributed by atoms with Crippen LogP contribution < -0.4 is 9.47 Å². The van der Waals surface area contributed by atoms with E-state index in [0.29, 0.717) is 0 Å². The van der Waals surface area contributed by atoms with Crippen molar-refractivity contribution in [3.05, 3.63) is 48.5 Å². The molecule has 122 valence electrons. The van der Waals surface area contributed by atoms with Gasteiger partial charge in [-0.1, -0.05) is 11.8 Å². The molecule has 0 saturated carbocycles. The molecule has 1 aliphatic rings. The van der Waals surface area contributed by atoms with Crippen LogP contribution in [0.3, 0.4) is 0 Å². The number of nitrogens with zero attached hydrogens (tertiary/aromatic N) is 2. The van der Waals surface area contributed by atoms with Crippen molar-refractivity contribution in [2.45, 2.75) is 11.7 Å². The number of aromatic nitrogens is 2. The second-order valence-corrected chi connectivity index (χ2v) is 6.61. The molecule has 0 spiro atoms. The summed E-state index contributed by atoms with van der Waals surface area (Å²) in [5.41, 5.74) is 4.44. The van der Waals surface area contributed by atoms with Crippen LogP contribution in [0.2, 0.25) is 0 Å². The maximum Gasteiger partial charge on any atom is 0.169 e. The van der Waals surface area contributed by atoms with E-state index in [0.717, 1.165) is 45.8 Å². The van der Waals surface area contributed by atoms with E-state index in [4.69, 9.17) is 14.5 Å². The molecule has 0 atom stereocenters. The first-order valence-corrected chi connectivity index (χ1v) is 8.81. The van der Waals surface area contributed by atoms with Crippen LogP contribution in [0.1, 0.15) is 0 Å². The SMILES string of the molecule is COc1ccc(-c2nc3n(c2-c2ccc(OC)cc2)CCS3)cc1. The molecule has 0 fully saturated rings. The van der Waals surface area contributed by atoms with E-state index in [2.05, 4.69) is 28.8 Å². The van der Waals surface area contributed by atoms with Crippen molar-refractivity contribution in [2.24, 2.45) is 0 Å². The van der Waals surface area contributed by atoms with Gasteiger partial charge in [0.1, 0.15) is 11.5 Å². The third kappa shape index (κ3) is 2.55. The Kier molecular flexibility index (Phi) is 3.94. The van der Waals surface area contributed by atoms with Crippen LogP contribution in [-0.4, -0.2) is 29.5 Å². The highest BCUT2D eigenvalue weighted by atomic mass is 32.2. The summed E-state index contributed by atoms with van der Waals surface area (Å²) in [6.45, 7) is 0.991. The summed E-state index contributed by atoms with van der Waals surface area (Å²) in [5, 5.41) is 1.09. The second-order valence-electron chi connectivity index (χ2n) is 5.55. The second kappa shape index (κ2) is 6.24. The van der Waals surface area contributed by atoms with E-state index in [1.165, 1.54) is 5.69 Å². The lowest BCUT2D eigenvalue weighted by Crippen LogP contribution is -1.97. The van der Waals surface area contributed by atoms with Gasteiger partial charge in [0.15, 0.2) is 5.16 Å². The fourth-order valence-corrected chi connectivity index (χ4v) is 3.92. The summed E-state index contributed by atoms with van der Waals surface area (Å²) in [4.78, 5) is 4.89. The Bertz CT molecular complexity index is 854. The van der Waals surface area contributed by atoms with Gasteiger partial charge < -0.3 is 14.0 Å². The first-order chi connectivity index (χ1) is 11.8. The zero-order valence-electron chi connectivity index (χ0n) is 13.7. The number of imidazole rings is 1. The highest BCUT2D eigenvalue weighted by molar-refractivity contribution is 7.99. The predicted octanol–water partition coefficient (Wildman–Crippen LogP) is 4.34. The quantitative estimate of drug-likeness (QED) is 0.709. The molecule has 2 aromatic carbocycles. The Balaban J connectivity index is 1.84. The molecule has 24 heavy (non-hydrogen) atoms. The van der Waals surface area contributed by atoms with E-state index in [-0.39, 0.29) is 0 Å². The Labute approximate surface area is 145 Å². The van der Waals surface area contributed by atoms with Crippen molar-refractivity contribution in [2.75, 3.05) is 20.0 Å². The Morgan fingerprint density at radius 3 is 2.04 bits per heavy atom. The van der Waals surface area contributed by atoms with E-state index in [1.54, 1.807) is 14.2 Å². The Morgan fingerprint density at radius 2 is 1.46 bits per heavy atom. The minimum atomic E-state index is 0.853. The standard InChI is InChI=1S/C19H18N2O2S/c1-22-15-7-3-13(4-8-15)17-18(21-11-12-24-19(21)20-17)14-5-9-16(23-2)10-6-14/h3-10H,11-12H2,1-2H3. The number of methoxy groups -OCH3 is 2. The smallest absolute Gasteiger partial charge is 0.169 e. The fourth-order valence-electron chi connectivity index (χ4n) is 2.97. The zero-order valence-corrected chi connectivity index (χ0v) is 14.5. The van der Waals surface area contributed by atoms with Gasteiger partial charge in [-0.05, 0) is 48.5 Å². The summed E-state index contributed by atoms with van der Waals surface area (Å²) in [7, 11) is 3.37. The van der Waals surface area contributed by atoms with Gasteiger partial charge in [0, 0.05) is 23.4 Å². The molecule has 0 saturated heterocycles. The van der Waals surface area contributed by atoms with Crippen LogP contribution in [0, 0.1) is 0 Å². The molecular weight excluding hydrogens is 320 g/mol. The van der Waals surface area contributed by atoms with E-state index in [1.807, 2.05) is 36.0 Å². The van der Waals surface area contributed by atoms with Crippen molar-refractivity contribution in [3.8, 4) is 34.0 Å². The van der Waals surface area contributed by atoms with Crippen LogP contribution >= 0.6 is 11.8 Å². The zero-order chi connectivity index (χ0) is 16.5. The number of hydrogen-bond acceptors (Lipinski definition) is 4. The number of benzene rings is 2. The van der Waals surface area contributed by atoms with Gasteiger partial charge >= 0.3 is 0 Å². The van der Waals surface area contributed by atoms with Gasteiger partial charge in [0.2, 0.25) is 0 Å². The van der Waals surface area contributed by atoms with Gasteiger partial charge in [0.25, 0.3) is 0 Å². The molecule has 5 heteroatoms. The van der Waals surface area contributed by atoms with Crippen molar-refractivity contribution in [1.82, 2.24) is 9.55 Å². The van der Waals surface area contributed by atoms with Gasteiger partial charge in [-0.3, -0.25) is 0 Å². The molecule has 4 rings (SSSR count). The third-order valence-corrected chi connectivity index (χ3v) is 5.16. The first-order valence-electron chi connectivity index (χ1n) is 7.82. The average Bonchev–Trinajstić information content (AvgIpc) is 3.23. The van der Waals surface area contributed by atoms with E-state index < -0.39 is 0 Å². The molecule has 3 aromatic rings. The number of fused-ring (bicyclic) bond motifs is 1. The summed E-state index contributed by atoms with van der Waals surface area (Å²) in [6.07, 6.45) is 0. The summed E-state index contributed by atoms with van der Waals surface area (Å²) in [5.74, 6) is 2.79. The van der Waals surface area contributed by atoms with Gasteiger partial charge in [-0.15, -0.1) is 0 Å². The van der Waals surface area contributed by atoms with E-state index >= 15 is 0 Å². The maximum atomic E-state index is 5.28. The normalized spacial score (nSPS) is 12.9. The van der Waals surface area contributed by atoms with Crippen molar-refractivity contribution in [3.63, 3.8) is 0 Å².